The highest BCUT2D eigenvalue weighted by atomic mass is 32.1. The van der Waals surface area contributed by atoms with Crippen LogP contribution in [0.5, 0.6) is 5.75 Å². The summed E-state index contributed by atoms with van der Waals surface area (Å²) in [5, 5.41) is 0. The van der Waals surface area contributed by atoms with E-state index < -0.39 is 0 Å². The third-order valence-electron chi connectivity index (χ3n) is 7.46. The SMILES string of the molecule is CN1C2CC[C@H]1CC(Oc1ccc(-n3cnc4cc(CCC5CC5)sc4c3=O)cc1)C2. The molecule has 0 radical (unpaired) electrons. The minimum Gasteiger partial charge on any atom is -0.490 e. The third kappa shape index (κ3) is 3.80. The number of rotatable bonds is 6. The summed E-state index contributed by atoms with van der Waals surface area (Å²) in [5.41, 5.74) is 1.69. The van der Waals surface area contributed by atoms with Crippen LogP contribution in [0.15, 0.2) is 41.5 Å². The Morgan fingerprint density at radius 3 is 2.55 bits per heavy atom. The summed E-state index contributed by atoms with van der Waals surface area (Å²) in [7, 11) is 2.25. The van der Waals surface area contributed by atoms with E-state index in [0.717, 1.165) is 46.8 Å². The predicted molar refractivity (Wildman–Crippen MR) is 124 cm³/mol. The van der Waals surface area contributed by atoms with E-state index in [-0.39, 0.29) is 5.56 Å². The molecule has 2 aliphatic heterocycles. The Balaban J connectivity index is 1.18. The van der Waals surface area contributed by atoms with Gasteiger partial charge in [0, 0.05) is 17.0 Å². The Morgan fingerprint density at radius 2 is 1.84 bits per heavy atom. The summed E-state index contributed by atoms with van der Waals surface area (Å²) in [6.45, 7) is 0. The molecule has 162 valence electrons. The minimum absolute atomic E-state index is 0.0215. The molecule has 0 N–H and O–H groups in total. The summed E-state index contributed by atoms with van der Waals surface area (Å²) in [5.74, 6) is 1.79. The van der Waals surface area contributed by atoms with Crippen LogP contribution in [0.1, 0.15) is 49.8 Å². The highest BCUT2D eigenvalue weighted by Crippen LogP contribution is 2.36. The van der Waals surface area contributed by atoms with Gasteiger partial charge in [0.05, 0.1) is 11.2 Å². The molecular formula is C25H29N3O2S. The van der Waals surface area contributed by atoms with Gasteiger partial charge in [0.25, 0.3) is 5.56 Å². The molecule has 0 spiro atoms. The first-order chi connectivity index (χ1) is 15.1. The van der Waals surface area contributed by atoms with Crippen molar-refractivity contribution in [3.8, 4) is 11.4 Å². The van der Waals surface area contributed by atoms with Crippen LogP contribution in [0, 0.1) is 5.92 Å². The molecule has 3 aliphatic rings. The lowest BCUT2D eigenvalue weighted by molar-refractivity contribution is 0.0662. The van der Waals surface area contributed by atoms with Crippen molar-refractivity contribution in [1.29, 1.82) is 0 Å². The fourth-order valence-corrected chi connectivity index (χ4v) is 6.41. The molecule has 6 rings (SSSR count). The van der Waals surface area contributed by atoms with Crippen LogP contribution in [0.2, 0.25) is 0 Å². The van der Waals surface area contributed by atoms with Gasteiger partial charge in [-0.05, 0) is 81.8 Å². The summed E-state index contributed by atoms with van der Waals surface area (Å²) < 4.78 is 8.72. The lowest BCUT2D eigenvalue weighted by Gasteiger charge is -2.36. The monoisotopic (exact) mass is 435 g/mol. The van der Waals surface area contributed by atoms with Crippen molar-refractivity contribution in [2.75, 3.05) is 7.05 Å². The molecule has 2 aromatic heterocycles. The van der Waals surface area contributed by atoms with Gasteiger partial charge in [-0.1, -0.05) is 12.8 Å². The summed E-state index contributed by atoms with van der Waals surface area (Å²) in [6.07, 6.45) is 11.8. The van der Waals surface area contributed by atoms with E-state index in [1.807, 2.05) is 24.3 Å². The van der Waals surface area contributed by atoms with Gasteiger partial charge >= 0.3 is 0 Å². The summed E-state index contributed by atoms with van der Waals surface area (Å²) >= 11 is 1.61. The van der Waals surface area contributed by atoms with E-state index in [2.05, 4.69) is 23.0 Å². The van der Waals surface area contributed by atoms with Crippen LogP contribution in [0.4, 0.5) is 0 Å². The van der Waals surface area contributed by atoms with E-state index in [9.17, 15) is 4.79 Å². The van der Waals surface area contributed by atoms with E-state index in [1.165, 1.54) is 37.0 Å². The fourth-order valence-electron chi connectivity index (χ4n) is 5.36. The standard InChI is InChI=1S/C25H29N3O2S/c1-27-18-5-6-19(27)13-21(12-18)30-20-9-7-17(8-10-20)28-15-26-23-14-22(11-4-16-2-3-16)31-24(23)25(28)29/h7-10,14-16,18-19,21H,2-6,11-13H2,1H3/t18-,19?,21?/m0/s1. The number of hydrogen-bond acceptors (Lipinski definition) is 5. The molecule has 2 unspecified atom stereocenters. The first-order valence-corrected chi connectivity index (χ1v) is 12.4. The highest BCUT2D eigenvalue weighted by Gasteiger charge is 2.39. The highest BCUT2D eigenvalue weighted by molar-refractivity contribution is 7.18. The van der Waals surface area contributed by atoms with E-state index in [4.69, 9.17) is 4.74 Å². The maximum atomic E-state index is 13.1. The first-order valence-electron chi connectivity index (χ1n) is 11.6. The normalized spacial score (nSPS) is 25.9. The second-order valence-corrected chi connectivity index (χ2v) is 10.7. The molecule has 6 heteroatoms. The fraction of sp³-hybridized carbons (Fsp3) is 0.520. The number of nitrogens with zero attached hydrogens (tertiary/aromatic N) is 3. The summed E-state index contributed by atoms with van der Waals surface area (Å²) in [6, 6.07) is 11.3. The van der Waals surface area contributed by atoms with Crippen molar-refractivity contribution in [3.63, 3.8) is 0 Å². The molecule has 5 nitrogen and oxygen atoms in total. The van der Waals surface area contributed by atoms with Crippen LogP contribution in [0.25, 0.3) is 15.9 Å². The van der Waals surface area contributed by atoms with Crippen molar-refractivity contribution < 1.29 is 4.74 Å². The zero-order valence-corrected chi connectivity index (χ0v) is 18.8. The molecule has 4 heterocycles. The maximum Gasteiger partial charge on any atom is 0.275 e. The topological polar surface area (TPSA) is 47.4 Å². The minimum atomic E-state index is 0.0215. The second-order valence-electron chi connectivity index (χ2n) is 9.58. The molecule has 31 heavy (non-hydrogen) atoms. The predicted octanol–water partition coefficient (Wildman–Crippen LogP) is 4.79. The van der Waals surface area contributed by atoms with Crippen LogP contribution < -0.4 is 10.3 Å². The van der Waals surface area contributed by atoms with Gasteiger partial charge in [-0.3, -0.25) is 9.36 Å². The van der Waals surface area contributed by atoms with Crippen LogP contribution in [-0.2, 0) is 6.42 Å². The van der Waals surface area contributed by atoms with Gasteiger partial charge in [0.2, 0.25) is 0 Å². The van der Waals surface area contributed by atoms with Crippen LogP contribution in [0.3, 0.4) is 0 Å². The lowest BCUT2D eigenvalue weighted by atomic mass is 10.0. The van der Waals surface area contributed by atoms with E-state index >= 15 is 0 Å². The third-order valence-corrected chi connectivity index (χ3v) is 8.63. The second kappa shape index (κ2) is 7.75. The number of piperidine rings is 1. The molecule has 2 saturated heterocycles. The maximum absolute atomic E-state index is 13.1. The molecule has 1 aliphatic carbocycles. The lowest BCUT2D eigenvalue weighted by Crippen LogP contribution is -2.43. The van der Waals surface area contributed by atoms with Gasteiger partial charge in [0.1, 0.15) is 22.9 Å². The number of aromatic nitrogens is 2. The van der Waals surface area contributed by atoms with Crippen LogP contribution >= 0.6 is 11.3 Å². The smallest absolute Gasteiger partial charge is 0.275 e. The van der Waals surface area contributed by atoms with Crippen molar-refractivity contribution in [1.82, 2.24) is 14.5 Å². The molecule has 1 saturated carbocycles. The molecule has 3 atom stereocenters. The number of hydrogen-bond donors (Lipinski definition) is 0. The van der Waals surface area contributed by atoms with Crippen molar-refractivity contribution in [2.24, 2.45) is 5.92 Å². The van der Waals surface area contributed by atoms with Gasteiger partial charge in [-0.25, -0.2) is 4.98 Å². The number of fused-ring (bicyclic) bond motifs is 3. The Morgan fingerprint density at radius 1 is 1.10 bits per heavy atom. The molecular weight excluding hydrogens is 406 g/mol. The Kier molecular flexibility index (Phi) is 4.87. The number of aryl methyl sites for hydroxylation is 1. The van der Waals surface area contributed by atoms with Crippen molar-refractivity contribution in [2.45, 2.75) is 69.6 Å². The zero-order valence-electron chi connectivity index (χ0n) is 18.0. The largest absolute Gasteiger partial charge is 0.490 e. The van der Waals surface area contributed by atoms with E-state index in [1.54, 1.807) is 22.2 Å². The van der Waals surface area contributed by atoms with Crippen LogP contribution in [-0.4, -0.2) is 39.7 Å². The quantitative estimate of drug-likeness (QED) is 0.558. The Labute approximate surface area is 186 Å². The zero-order chi connectivity index (χ0) is 20.9. The van der Waals surface area contributed by atoms with Gasteiger partial charge < -0.3 is 9.64 Å². The molecule has 3 aromatic rings. The molecule has 1 aromatic carbocycles. The number of thiophene rings is 1. The molecule has 3 fully saturated rings. The summed E-state index contributed by atoms with van der Waals surface area (Å²) in [4.78, 5) is 21.5. The Bertz CT molecular complexity index is 1130. The molecule has 2 bridgehead atoms. The van der Waals surface area contributed by atoms with Gasteiger partial charge in [-0.15, -0.1) is 11.3 Å². The van der Waals surface area contributed by atoms with Gasteiger partial charge in [0.15, 0.2) is 0 Å². The number of benzene rings is 1. The van der Waals surface area contributed by atoms with E-state index in [0.29, 0.717) is 18.2 Å². The Hall–Kier alpha value is -2.18. The first kappa shape index (κ1) is 19.5. The van der Waals surface area contributed by atoms with Crippen molar-refractivity contribution in [3.05, 3.63) is 51.9 Å². The average molecular weight is 436 g/mol. The number of ether oxygens (including phenoxy) is 1. The molecule has 0 amide bonds. The average Bonchev–Trinajstić information content (AvgIpc) is 3.47. The van der Waals surface area contributed by atoms with Gasteiger partial charge in [-0.2, -0.15) is 0 Å². The van der Waals surface area contributed by atoms with Crippen molar-refractivity contribution >= 4 is 21.6 Å².